The van der Waals surface area contributed by atoms with E-state index in [0.717, 1.165) is 55.9 Å². The lowest BCUT2D eigenvalue weighted by Crippen LogP contribution is -2.08. The number of para-hydroxylation sites is 2. The monoisotopic (exact) mass is 1060 g/mol. The van der Waals surface area contributed by atoms with Crippen molar-refractivity contribution < 1.29 is 13.2 Å². The van der Waals surface area contributed by atoms with Gasteiger partial charge in [-0.05, 0) is 60.2 Å². The maximum Gasteiger partial charge on any atom is 0.416 e. The highest BCUT2D eigenvalue weighted by molar-refractivity contribution is 6.13. The molecule has 0 aliphatic rings. The average molecular weight is 1070 g/mol. The van der Waals surface area contributed by atoms with Gasteiger partial charge >= 0.3 is 6.18 Å². The standard InChI is InChI=1S/C69H39F3N10/c70-69(71,72)51-34-42(40-73)33-50(37-51)62-60(81-56-27-15-13-25-52(56)54-31-29-48(38-58(54)81)67-77-63(44-17-5-1-6-18-44)75-64(78-67)45-19-7-2-8-20-45)35-43(41-74)36-61(62)82-57-28-16-14-26-53(57)55-32-30-49(39-59(55)82)68-79-65(46-21-9-3-10-22-46)76-66(80-68)47-23-11-4-12-24-47/h1-39H. The molecule has 14 rings (SSSR count). The summed E-state index contributed by atoms with van der Waals surface area (Å²) >= 11 is 0. The molecule has 0 atom stereocenters. The number of alkyl halides is 3. The first-order valence-electron chi connectivity index (χ1n) is 26.2. The van der Waals surface area contributed by atoms with Gasteiger partial charge in [0.2, 0.25) is 0 Å². The van der Waals surface area contributed by atoms with Gasteiger partial charge < -0.3 is 9.13 Å². The fourth-order valence-corrected chi connectivity index (χ4v) is 10.9. The number of aromatic nitrogens is 8. The van der Waals surface area contributed by atoms with Gasteiger partial charge in [-0.25, -0.2) is 29.9 Å². The Balaban J connectivity index is 1.07. The summed E-state index contributed by atoms with van der Waals surface area (Å²) in [5.74, 6) is 2.65. The number of hydrogen-bond donors (Lipinski definition) is 0. The fraction of sp³-hybridized carbons (Fsp3) is 0.0145. The third-order valence-electron chi connectivity index (χ3n) is 14.6. The molecule has 0 bridgehead atoms. The molecule has 0 fully saturated rings. The summed E-state index contributed by atoms with van der Waals surface area (Å²) in [6.45, 7) is 0. The zero-order chi connectivity index (χ0) is 55.5. The average Bonchev–Trinajstić information content (AvgIpc) is 4.26. The van der Waals surface area contributed by atoms with Gasteiger partial charge in [-0.2, -0.15) is 23.7 Å². The van der Waals surface area contributed by atoms with Crippen molar-refractivity contribution in [1.29, 1.82) is 10.5 Å². The number of nitriles is 2. The Hall–Kier alpha value is -11.4. The van der Waals surface area contributed by atoms with Crippen molar-refractivity contribution in [3.63, 3.8) is 0 Å². The summed E-state index contributed by atoms with van der Waals surface area (Å²) in [5, 5.41) is 25.0. The molecule has 14 aromatic rings. The van der Waals surface area contributed by atoms with E-state index < -0.39 is 11.7 Å². The lowest BCUT2D eigenvalue weighted by Gasteiger charge is -2.22. The maximum atomic E-state index is 15.3. The molecule has 0 aliphatic heterocycles. The van der Waals surface area contributed by atoms with Crippen LogP contribution in [0.3, 0.4) is 0 Å². The van der Waals surface area contributed by atoms with E-state index in [4.69, 9.17) is 29.9 Å². The van der Waals surface area contributed by atoms with E-state index >= 15 is 13.2 Å². The molecule has 386 valence electrons. The zero-order valence-corrected chi connectivity index (χ0v) is 43.1. The summed E-state index contributed by atoms with van der Waals surface area (Å²) in [6.07, 6.45) is -4.83. The van der Waals surface area contributed by atoms with Gasteiger partial charge in [-0.15, -0.1) is 0 Å². The largest absolute Gasteiger partial charge is 0.416 e. The summed E-state index contributed by atoms with van der Waals surface area (Å²) in [4.78, 5) is 30.1. The summed E-state index contributed by atoms with van der Waals surface area (Å²) in [5.41, 5.74) is 7.35. The molecular weight excluding hydrogens is 1030 g/mol. The van der Waals surface area contributed by atoms with Gasteiger partial charge in [0, 0.05) is 60.5 Å². The Morgan fingerprint density at radius 3 is 1.00 bits per heavy atom. The molecule has 0 amide bonds. The Bertz CT molecular complexity index is 4550. The second-order valence-electron chi connectivity index (χ2n) is 19.7. The second kappa shape index (κ2) is 19.8. The number of halogens is 3. The van der Waals surface area contributed by atoms with E-state index in [-0.39, 0.29) is 16.7 Å². The molecule has 0 saturated heterocycles. The third kappa shape index (κ3) is 8.63. The van der Waals surface area contributed by atoms with Crippen LogP contribution in [0.5, 0.6) is 0 Å². The second-order valence-corrected chi connectivity index (χ2v) is 19.7. The van der Waals surface area contributed by atoms with Crippen LogP contribution in [-0.2, 0) is 6.18 Å². The molecule has 0 unspecified atom stereocenters. The fourth-order valence-electron chi connectivity index (χ4n) is 10.9. The van der Waals surface area contributed by atoms with Crippen molar-refractivity contribution in [2.24, 2.45) is 0 Å². The number of rotatable bonds is 9. The van der Waals surface area contributed by atoms with Gasteiger partial charge in [0.05, 0.1) is 62.3 Å². The van der Waals surface area contributed by atoms with Crippen LogP contribution in [0.4, 0.5) is 13.2 Å². The third-order valence-corrected chi connectivity index (χ3v) is 14.6. The van der Waals surface area contributed by atoms with Crippen LogP contribution < -0.4 is 0 Å². The number of hydrogen-bond acceptors (Lipinski definition) is 8. The van der Waals surface area contributed by atoms with Crippen molar-refractivity contribution in [2.75, 3.05) is 0 Å². The lowest BCUT2D eigenvalue weighted by atomic mass is 9.94. The van der Waals surface area contributed by atoms with E-state index in [1.165, 1.54) is 6.07 Å². The first kappa shape index (κ1) is 48.9. The van der Waals surface area contributed by atoms with Gasteiger partial charge in [0.1, 0.15) is 0 Å². The summed E-state index contributed by atoms with van der Waals surface area (Å²) in [6, 6.07) is 77.2. The van der Waals surface area contributed by atoms with Crippen molar-refractivity contribution in [3.05, 3.63) is 253 Å². The van der Waals surface area contributed by atoms with Crippen LogP contribution in [-0.4, -0.2) is 39.0 Å². The van der Waals surface area contributed by atoms with Crippen molar-refractivity contribution >= 4 is 43.6 Å². The molecule has 10 aromatic carbocycles. The molecule has 13 heteroatoms. The first-order valence-corrected chi connectivity index (χ1v) is 26.2. The topological polar surface area (TPSA) is 135 Å². The molecule has 0 aliphatic carbocycles. The van der Waals surface area contributed by atoms with E-state index in [9.17, 15) is 10.5 Å². The predicted molar refractivity (Wildman–Crippen MR) is 314 cm³/mol. The molecule has 0 saturated carbocycles. The highest BCUT2D eigenvalue weighted by Crippen LogP contribution is 2.46. The van der Waals surface area contributed by atoms with Crippen LogP contribution >= 0.6 is 0 Å². The Morgan fingerprint density at radius 2 is 0.634 bits per heavy atom. The molecule has 4 heterocycles. The molecule has 0 radical (unpaired) electrons. The van der Waals surface area contributed by atoms with E-state index in [1.54, 1.807) is 12.1 Å². The Kier molecular flexibility index (Phi) is 11.8. The molecule has 4 aromatic heterocycles. The maximum absolute atomic E-state index is 15.3. The minimum atomic E-state index is -4.83. The number of benzene rings is 10. The smallest absolute Gasteiger partial charge is 0.308 e. The van der Waals surface area contributed by atoms with Gasteiger partial charge in [-0.3, -0.25) is 0 Å². The van der Waals surface area contributed by atoms with Crippen LogP contribution in [0.1, 0.15) is 16.7 Å². The van der Waals surface area contributed by atoms with Crippen molar-refractivity contribution in [2.45, 2.75) is 6.18 Å². The first-order chi connectivity index (χ1) is 40.2. The highest BCUT2D eigenvalue weighted by Gasteiger charge is 2.33. The molecule has 10 nitrogen and oxygen atoms in total. The predicted octanol–water partition coefficient (Wildman–Crippen LogP) is 16.7. The highest BCUT2D eigenvalue weighted by atomic mass is 19.4. The lowest BCUT2D eigenvalue weighted by molar-refractivity contribution is -0.137. The summed E-state index contributed by atoms with van der Waals surface area (Å²) in [7, 11) is 0. The minimum Gasteiger partial charge on any atom is -0.308 e. The van der Waals surface area contributed by atoms with Gasteiger partial charge in [0.25, 0.3) is 0 Å². The van der Waals surface area contributed by atoms with E-state index in [0.29, 0.717) is 85.1 Å². The van der Waals surface area contributed by atoms with Gasteiger partial charge in [0.15, 0.2) is 34.9 Å². The SMILES string of the molecule is N#Cc1cc(-c2c(-n3c4ccccc4c4ccc(-c5nc(-c6ccccc6)nc(-c6ccccc6)n5)cc43)cc(C#N)cc2-n2c3ccccc3c3ccc(-c4nc(-c5ccccc5)nc(-c5ccccc5)n4)cc32)cc(C(F)(F)F)c1. The van der Waals surface area contributed by atoms with Crippen LogP contribution in [0.25, 0.3) is 134 Å². The molecular formula is C69H39F3N10. The van der Waals surface area contributed by atoms with E-state index in [2.05, 4.69) is 6.07 Å². The normalized spacial score (nSPS) is 11.6. The Labute approximate surface area is 466 Å². The van der Waals surface area contributed by atoms with Crippen LogP contribution in [0, 0.1) is 22.7 Å². The minimum absolute atomic E-state index is 0.0972. The van der Waals surface area contributed by atoms with Crippen LogP contribution in [0.2, 0.25) is 0 Å². The van der Waals surface area contributed by atoms with Crippen molar-refractivity contribution in [1.82, 2.24) is 39.0 Å². The van der Waals surface area contributed by atoms with Gasteiger partial charge in [-0.1, -0.05) is 182 Å². The number of fused-ring (bicyclic) bond motifs is 6. The molecule has 0 N–H and O–H groups in total. The molecule has 0 spiro atoms. The van der Waals surface area contributed by atoms with Crippen molar-refractivity contribution in [3.8, 4) is 103 Å². The molecule has 82 heavy (non-hydrogen) atoms. The van der Waals surface area contributed by atoms with Crippen LogP contribution in [0.15, 0.2) is 237 Å². The van der Waals surface area contributed by atoms with E-state index in [1.807, 2.05) is 221 Å². The zero-order valence-electron chi connectivity index (χ0n) is 43.1. The Morgan fingerprint density at radius 1 is 0.305 bits per heavy atom. The summed E-state index contributed by atoms with van der Waals surface area (Å²) < 4.78 is 49.8. The quantitative estimate of drug-likeness (QED) is 0.139. The number of nitrogens with zero attached hydrogens (tertiary/aromatic N) is 10.